The first-order valence-electron chi connectivity index (χ1n) is 6.90. The smallest absolute Gasteiger partial charge is 0.328 e. The summed E-state index contributed by atoms with van der Waals surface area (Å²) < 4.78 is 6.92. The minimum Gasteiger partial charge on any atom is -0.459 e. The van der Waals surface area contributed by atoms with Crippen molar-refractivity contribution in [2.75, 3.05) is 0 Å². The zero-order valence-corrected chi connectivity index (χ0v) is 11.2. The Bertz CT molecular complexity index is 576. The van der Waals surface area contributed by atoms with Gasteiger partial charge in [0.05, 0.1) is 0 Å². The fraction of sp³-hybridized carbons (Fsp3) is 0.400. The Kier molecular flexibility index (Phi) is 3.76. The van der Waals surface area contributed by atoms with E-state index in [1.807, 2.05) is 30.3 Å². The van der Waals surface area contributed by atoms with Crippen LogP contribution in [-0.2, 0) is 22.7 Å². The maximum atomic E-state index is 11.9. The highest BCUT2D eigenvalue weighted by Crippen LogP contribution is 2.34. The Hall–Kier alpha value is -2.17. The predicted octanol–water partition coefficient (Wildman–Crippen LogP) is 2.29. The number of hydrogen-bond donors (Lipinski definition) is 0. The highest BCUT2D eigenvalue weighted by Gasteiger charge is 2.25. The van der Waals surface area contributed by atoms with Crippen molar-refractivity contribution in [3.05, 3.63) is 48.0 Å². The fourth-order valence-corrected chi connectivity index (χ4v) is 2.28. The topological polar surface area (TPSA) is 57.0 Å². The molecule has 1 aromatic carbocycles. The third kappa shape index (κ3) is 2.87. The number of carbonyl (C=O) groups is 1. The molecule has 0 unspecified atom stereocenters. The molecule has 2 aromatic rings. The van der Waals surface area contributed by atoms with E-state index in [9.17, 15) is 4.79 Å². The summed E-state index contributed by atoms with van der Waals surface area (Å²) in [7, 11) is 0. The quantitative estimate of drug-likeness (QED) is 0.783. The molecular weight excluding hydrogens is 254 g/mol. The molecule has 5 nitrogen and oxygen atoms in total. The first kappa shape index (κ1) is 12.8. The molecule has 104 valence electrons. The maximum Gasteiger partial charge on any atom is 0.328 e. The van der Waals surface area contributed by atoms with Crippen LogP contribution in [0.25, 0.3) is 0 Å². The van der Waals surface area contributed by atoms with Crippen molar-refractivity contribution in [1.29, 1.82) is 0 Å². The summed E-state index contributed by atoms with van der Waals surface area (Å²) in [6.07, 6.45) is 5.02. The summed E-state index contributed by atoms with van der Waals surface area (Å²) in [4.78, 5) is 16.1. The van der Waals surface area contributed by atoms with Crippen LogP contribution in [0.2, 0.25) is 0 Å². The summed E-state index contributed by atoms with van der Waals surface area (Å²) in [5.41, 5.74) is 0.985. The van der Waals surface area contributed by atoms with Crippen LogP contribution in [0, 0.1) is 0 Å². The number of carbonyl (C=O) groups excluding carboxylic acids is 1. The van der Waals surface area contributed by atoms with Gasteiger partial charge in [-0.2, -0.15) is 5.10 Å². The molecule has 0 saturated heterocycles. The molecule has 0 N–H and O–H groups in total. The monoisotopic (exact) mass is 271 g/mol. The van der Waals surface area contributed by atoms with Crippen molar-refractivity contribution in [1.82, 2.24) is 14.8 Å². The second kappa shape index (κ2) is 5.86. The van der Waals surface area contributed by atoms with Gasteiger partial charge in [-0.05, 0) is 18.4 Å². The molecule has 0 bridgehead atoms. The second-order valence-electron chi connectivity index (χ2n) is 5.05. The van der Waals surface area contributed by atoms with E-state index in [1.54, 1.807) is 4.68 Å². The zero-order valence-electron chi connectivity index (χ0n) is 11.2. The van der Waals surface area contributed by atoms with E-state index < -0.39 is 0 Å². The van der Waals surface area contributed by atoms with E-state index in [4.69, 9.17) is 4.74 Å². The summed E-state index contributed by atoms with van der Waals surface area (Å²) in [5, 5.41) is 4.12. The minimum atomic E-state index is -0.278. The van der Waals surface area contributed by atoms with Gasteiger partial charge in [-0.3, -0.25) is 4.79 Å². The highest BCUT2D eigenvalue weighted by atomic mass is 16.5. The molecule has 5 heteroatoms. The second-order valence-corrected chi connectivity index (χ2v) is 5.05. The van der Waals surface area contributed by atoms with Gasteiger partial charge in [0.1, 0.15) is 25.3 Å². The van der Waals surface area contributed by atoms with Crippen molar-refractivity contribution in [2.24, 2.45) is 0 Å². The number of nitrogens with zero attached hydrogens (tertiary/aromatic N) is 3. The van der Waals surface area contributed by atoms with Gasteiger partial charge in [-0.15, -0.1) is 0 Å². The number of rotatable bonds is 5. The molecule has 20 heavy (non-hydrogen) atoms. The standard InChI is InChI=1S/C15H17N3O2/c19-14(20-10-12-5-2-1-3-6-12)9-18-15(16-11-17-18)13-7-4-8-13/h1-3,5-6,11,13H,4,7-10H2. The van der Waals surface area contributed by atoms with Crippen LogP contribution in [0.15, 0.2) is 36.7 Å². The van der Waals surface area contributed by atoms with Gasteiger partial charge in [0.25, 0.3) is 0 Å². The van der Waals surface area contributed by atoms with E-state index in [1.165, 1.54) is 12.7 Å². The van der Waals surface area contributed by atoms with Gasteiger partial charge < -0.3 is 4.74 Å². The summed E-state index contributed by atoms with van der Waals surface area (Å²) in [6, 6.07) is 9.65. The molecule has 3 rings (SSSR count). The SMILES string of the molecule is O=C(Cn1ncnc1C1CCC1)OCc1ccccc1. The number of aromatic nitrogens is 3. The van der Waals surface area contributed by atoms with Crippen molar-refractivity contribution in [3.8, 4) is 0 Å². The molecular formula is C15H17N3O2. The van der Waals surface area contributed by atoms with E-state index in [2.05, 4.69) is 10.1 Å². The van der Waals surface area contributed by atoms with Gasteiger partial charge >= 0.3 is 5.97 Å². The van der Waals surface area contributed by atoms with Gasteiger partial charge in [0.15, 0.2) is 0 Å². The lowest BCUT2D eigenvalue weighted by molar-refractivity contribution is -0.146. The Morgan fingerprint density at radius 3 is 2.80 bits per heavy atom. The Morgan fingerprint density at radius 1 is 1.30 bits per heavy atom. The van der Waals surface area contributed by atoms with Crippen molar-refractivity contribution in [3.63, 3.8) is 0 Å². The number of ether oxygens (including phenoxy) is 1. The normalized spacial score (nSPS) is 14.8. The molecule has 0 aliphatic heterocycles. The first-order chi connectivity index (χ1) is 9.83. The summed E-state index contributed by atoms with van der Waals surface area (Å²) in [6.45, 7) is 0.436. The maximum absolute atomic E-state index is 11.9. The number of benzene rings is 1. The Morgan fingerprint density at radius 2 is 2.10 bits per heavy atom. The van der Waals surface area contributed by atoms with Crippen LogP contribution in [0.5, 0.6) is 0 Å². The lowest BCUT2D eigenvalue weighted by Crippen LogP contribution is -2.21. The van der Waals surface area contributed by atoms with E-state index in [0.29, 0.717) is 12.5 Å². The molecule has 1 aromatic heterocycles. The van der Waals surface area contributed by atoms with Crippen LogP contribution < -0.4 is 0 Å². The molecule has 1 heterocycles. The zero-order chi connectivity index (χ0) is 13.8. The molecule has 1 aliphatic rings. The van der Waals surface area contributed by atoms with Crippen LogP contribution >= 0.6 is 0 Å². The van der Waals surface area contributed by atoms with Gasteiger partial charge in [-0.25, -0.2) is 9.67 Å². The summed E-state index contributed by atoms with van der Waals surface area (Å²) in [5.74, 6) is 1.09. The van der Waals surface area contributed by atoms with Crippen LogP contribution in [-0.4, -0.2) is 20.7 Å². The average molecular weight is 271 g/mol. The molecule has 1 aliphatic carbocycles. The molecule has 1 fully saturated rings. The predicted molar refractivity (Wildman–Crippen MR) is 72.9 cm³/mol. The minimum absolute atomic E-state index is 0.138. The molecule has 0 spiro atoms. The van der Waals surface area contributed by atoms with Crippen LogP contribution in [0.3, 0.4) is 0 Å². The lowest BCUT2D eigenvalue weighted by Gasteiger charge is -2.24. The number of esters is 1. The van der Waals surface area contributed by atoms with Gasteiger partial charge in [0, 0.05) is 5.92 Å². The van der Waals surface area contributed by atoms with Crippen LogP contribution in [0.4, 0.5) is 0 Å². The average Bonchev–Trinajstić information content (AvgIpc) is 2.84. The van der Waals surface area contributed by atoms with E-state index in [-0.39, 0.29) is 12.5 Å². The van der Waals surface area contributed by atoms with E-state index in [0.717, 1.165) is 24.2 Å². The molecule has 0 radical (unpaired) electrons. The van der Waals surface area contributed by atoms with Crippen molar-refractivity contribution >= 4 is 5.97 Å². The third-order valence-electron chi connectivity index (χ3n) is 3.64. The lowest BCUT2D eigenvalue weighted by atomic mass is 9.85. The molecule has 1 saturated carbocycles. The van der Waals surface area contributed by atoms with Crippen molar-refractivity contribution < 1.29 is 9.53 Å². The number of hydrogen-bond acceptors (Lipinski definition) is 4. The molecule has 0 atom stereocenters. The molecule has 0 amide bonds. The first-order valence-corrected chi connectivity index (χ1v) is 6.90. The van der Waals surface area contributed by atoms with E-state index >= 15 is 0 Å². The third-order valence-corrected chi connectivity index (χ3v) is 3.64. The van der Waals surface area contributed by atoms with Crippen LogP contribution in [0.1, 0.15) is 36.6 Å². The fourth-order valence-electron chi connectivity index (χ4n) is 2.28. The Balaban J connectivity index is 1.55. The van der Waals surface area contributed by atoms with Gasteiger partial charge in [0.2, 0.25) is 0 Å². The van der Waals surface area contributed by atoms with Gasteiger partial charge in [-0.1, -0.05) is 36.8 Å². The highest BCUT2D eigenvalue weighted by molar-refractivity contribution is 5.69. The summed E-state index contributed by atoms with van der Waals surface area (Å²) >= 11 is 0. The Labute approximate surface area is 117 Å². The van der Waals surface area contributed by atoms with Crippen molar-refractivity contribution in [2.45, 2.75) is 38.3 Å². The largest absolute Gasteiger partial charge is 0.459 e.